The fourth-order valence-corrected chi connectivity index (χ4v) is 1.41. The van der Waals surface area contributed by atoms with Gasteiger partial charge in [0.1, 0.15) is 6.04 Å². The molecule has 0 aromatic heterocycles. The van der Waals surface area contributed by atoms with E-state index in [2.05, 4.69) is 17.9 Å². The Morgan fingerprint density at radius 3 is 2.80 bits per heavy atom. The van der Waals surface area contributed by atoms with Crippen LogP contribution in [0, 0.1) is 5.92 Å². The fourth-order valence-electron chi connectivity index (χ4n) is 1.14. The van der Waals surface area contributed by atoms with Gasteiger partial charge in [0.05, 0.1) is 0 Å². The number of hydrogen-bond acceptors (Lipinski definition) is 3. The molecule has 1 fully saturated rings. The molecule has 1 heterocycles. The summed E-state index contributed by atoms with van der Waals surface area (Å²) in [5, 5.41) is 11.4. The van der Waals surface area contributed by atoms with Gasteiger partial charge in [0.25, 0.3) is 0 Å². The van der Waals surface area contributed by atoms with E-state index >= 15 is 0 Å². The number of thiol groups is 1. The molecule has 2 atom stereocenters. The Kier molecular flexibility index (Phi) is 2.56. The second-order valence-corrected chi connectivity index (χ2v) is 2.95. The topological polar surface area (TPSA) is 49.3 Å². The summed E-state index contributed by atoms with van der Waals surface area (Å²) in [7, 11) is 0. The maximum Gasteiger partial charge on any atom is 0.320 e. The number of carbonyl (C=O) groups is 1. The summed E-state index contributed by atoms with van der Waals surface area (Å²) < 4.78 is 0. The van der Waals surface area contributed by atoms with Crippen LogP contribution in [0.1, 0.15) is 6.42 Å². The highest BCUT2D eigenvalue weighted by Crippen LogP contribution is 2.14. The molecule has 10 heavy (non-hydrogen) atoms. The standard InChI is InChI=1S/C6H11NO2S/c8-6(9)5-1-4(3-10)2-7-5/h4-5,7,10H,1-3H2,(H,8,9). The number of carboxylic acid groups (broad SMARTS) is 1. The summed E-state index contributed by atoms with van der Waals surface area (Å²) in [5.41, 5.74) is 0. The molecule has 1 aliphatic rings. The Bertz CT molecular complexity index is 140. The predicted octanol–water partition coefficient (Wildman–Crippen LogP) is -0.0211. The molecule has 3 nitrogen and oxygen atoms in total. The van der Waals surface area contributed by atoms with Crippen LogP contribution in [0.4, 0.5) is 0 Å². The van der Waals surface area contributed by atoms with Crippen molar-refractivity contribution in [2.24, 2.45) is 5.92 Å². The molecule has 58 valence electrons. The van der Waals surface area contributed by atoms with Crippen molar-refractivity contribution < 1.29 is 9.90 Å². The van der Waals surface area contributed by atoms with Gasteiger partial charge < -0.3 is 10.4 Å². The molecule has 1 rings (SSSR count). The second kappa shape index (κ2) is 3.25. The van der Waals surface area contributed by atoms with Crippen LogP contribution >= 0.6 is 12.6 Å². The lowest BCUT2D eigenvalue weighted by Gasteiger charge is -2.01. The Labute approximate surface area is 65.2 Å². The van der Waals surface area contributed by atoms with Crippen molar-refractivity contribution in [2.45, 2.75) is 12.5 Å². The predicted molar refractivity (Wildman–Crippen MR) is 41.4 cm³/mol. The van der Waals surface area contributed by atoms with E-state index in [-0.39, 0.29) is 6.04 Å². The molecule has 0 aliphatic carbocycles. The van der Waals surface area contributed by atoms with E-state index in [9.17, 15) is 4.79 Å². The molecule has 0 amide bonds. The van der Waals surface area contributed by atoms with Crippen molar-refractivity contribution in [1.82, 2.24) is 5.32 Å². The molecular weight excluding hydrogens is 150 g/mol. The maximum atomic E-state index is 10.4. The zero-order valence-corrected chi connectivity index (χ0v) is 6.47. The Morgan fingerprint density at radius 2 is 2.50 bits per heavy atom. The molecule has 2 unspecified atom stereocenters. The monoisotopic (exact) mass is 161 g/mol. The van der Waals surface area contributed by atoms with E-state index < -0.39 is 5.97 Å². The first-order valence-corrected chi connectivity index (χ1v) is 3.94. The van der Waals surface area contributed by atoms with Crippen LogP contribution < -0.4 is 5.32 Å². The van der Waals surface area contributed by atoms with E-state index in [0.717, 1.165) is 18.7 Å². The molecule has 1 saturated heterocycles. The zero-order chi connectivity index (χ0) is 7.56. The number of aliphatic carboxylic acids is 1. The van der Waals surface area contributed by atoms with E-state index in [0.29, 0.717) is 5.92 Å². The largest absolute Gasteiger partial charge is 0.480 e. The third-order valence-corrected chi connectivity index (χ3v) is 2.29. The summed E-state index contributed by atoms with van der Waals surface area (Å²) in [4.78, 5) is 10.4. The third kappa shape index (κ3) is 1.64. The van der Waals surface area contributed by atoms with Crippen LogP contribution in [0.25, 0.3) is 0 Å². The molecular formula is C6H11NO2S. The average molecular weight is 161 g/mol. The highest BCUT2D eigenvalue weighted by atomic mass is 32.1. The molecule has 4 heteroatoms. The van der Waals surface area contributed by atoms with Crippen LogP contribution in [0.2, 0.25) is 0 Å². The Morgan fingerprint density at radius 1 is 1.80 bits per heavy atom. The minimum absolute atomic E-state index is 0.336. The van der Waals surface area contributed by atoms with Crippen molar-refractivity contribution in [2.75, 3.05) is 12.3 Å². The highest BCUT2D eigenvalue weighted by molar-refractivity contribution is 7.80. The van der Waals surface area contributed by atoms with E-state index in [4.69, 9.17) is 5.11 Å². The fraction of sp³-hybridized carbons (Fsp3) is 0.833. The van der Waals surface area contributed by atoms with Gasteiger partial charge >= 0.3 is 5.97 Å². The first-order chi connectivity index (χ1) is 4.74. The summed E-state index contributed by atoms with van der Waals surface area (Å²) in [5.74, 6) is 0.463. The first kappa shape index (κ1) is 7.88. The average Bonchev–Trinajstić information content (AvgIpc) is 2.34. The zero-order valence-electron chi connectivity index (χ0n) is 5.58. The lowest BCUT2D eigenvalue weighted by Crippen LogP contribution is -2.29. The molecule has 0 bridgehead atoms. The summed E-state index contributed by atoms with van der Waals surface area (Å²) in [6.45, 7) is 0.792. The van der Waals surface area contributed by atoms with Crippen molar-refractivity contribution >= 4 is 18.6 Å². The number of hydrogen-bond donors (Lipinski definition) is 3. The third-order valence-electron chi connectivity index (χ3n) is 1.78. The van der Waals surface area contributed by atoms with Gasteiger partial charge in [0.2, 0.25) is 0 Å². The summed E-state index contributed by atoms with van der Waals surface area (Å²) in [6, 6.07) is -0.336. The van der Waals surface area contributed by atoms with E-state index in [1.807, 2.05) is 0 Å². The Hall–Kier alpha value is -0.220. The first-order valence-electron chi connectivity index (χ1n) is 3.31. The van der Waals surface area contributed by atoms with Crippen molar-refractivity contribution in [3.8, 4) is 0 Å². The second-order valence-electron chi connectivity index (χ2n) is 2.58. The number of nitrogens with one attached hydrogen (secondary N) is 1. The SMILES string of the molecule is O=C(O)C1CC(CS)CN1. The quantitative estimate of drug-likeness (QED) is 0.499. The van der Waals surface area contributed by atoms with Crippen LogP contribution in [0.5, 0.6) is 0 Å². The van der Waals surface area contributed by atoms with E-state index in [1.54, 1.807) is 0 Å². The molecule has 0 aromatic carbocycles. The highest BCUT2D eigenvalue weighted by Gasteiger charge is 2.27. The minimum Gasteiger partial charge on any atom is -0.480 e. The Balaban J connectivity index is 2.35. The van der Waals surface area contributed by atoms with Gasteiger partial charge in [-0.15, -0.1) is 0 Å². The van der Waals surface area contributed by atoms with Gasteiger partial charge in [-0.2, -0.15) is 12.6 Å². The number of carboxylic acids is 1. The molecule has 1 aliphatic heterocycles. The van der Waals surface area contributed by atoms with Crippen molar-refractivity contribution in [3.63, 3.8) is 0 Å². The van der Waals surface area contributed by atoms with Crippen LogP contribution in [0.15, 0.2) is 0 Å². The lowest BCUT2D eigenvalue weighted by molar-refractivity contribution is -0.139. The molecule has 2 N–H and O–H groups in total. The van der Waals surface area contributed by atoms with Crippen molar-refractivity contribution in [3.05, 3.63) is 0 Å². The normalized spacial score (nSPS) is 32.5. The van der Waals surface area contributed by atoms with Gasteiger partial charge in [-0.25, -0.2) is 0 Å². The number of rotatable bonds is 2. The molecule has 0 radical (unpaired) electrons. The van der Waals surface area contributed by atoms with Crippen LogP contribution in [-0.4, -0.2) is 29.4 Å². The van der Waals surface area contributed by atoms with E-state index in [1.165, 1.54) is 0 Å². The molecule has 0 spiro atoms. The van der Waals surface area contributed by atoms with Crippen molar-refractivity contribution in [1.29, 1.82) is 0 Å². The van der Waals surface area contributed by atoms with Gasteiger partial charge in [0.15, 0.2) is 0 Å². The summed E-state index contributed by atoms with van der Waals surface area (Å²) in [6.07, 6.45) is 0.721. The van der Waals surface area contributed by atoms with Crippen LogP contribution in [-0.2, 0) is 4.79 Å². The molecule has 0 saturated carbocycles. The van der Waals surface area contributed by atoms with Gasteiger partial charge in [-0.05, 0) is 24.6 Å². The van der Waals surface area contributed by atoms with Gasteiger partial charge in [-0.1, -0.05) is 0 Å². The maximum absolute atomic E-state index is 10.4. The van der Waals surface area contributed by atoms with Gasteiger partial charge in [0, 0.05) is 0 Å². The van der Waals surface area contributed by atoms with Gasteiger partial charge in [-0.3, -0.25) is 4.79 Å². The minimum atomic E-state index is -0.746. The summed E-state index contributed by atoms with van der Waals surface area (Å²) >= 11 is 4.09. The smallest absolute Gasteiger partial charge is 0.320 e. The lowest BCUT2D eigenvalue weighted by atomic mass is 10.1. The molecule has 0 aromatic rings. The van der Waals surface area contributed by atoms with Crippen LogP contribution in [0.3, 0.4) is 0 Å².